The van der Waals surface area contributed by atoms with Gasteiger partial charge in [-0.15, -0.1) is 0 Å². The van der Waals surface area contributed by atoms with Crippen molar-refractivity contribution in [1.82, 2.24) is 0 Å². The molecule has 7 heteroatoms. The lowest BCUT2D eigenvalue weighted by Gasteiger charge is -2.35. The van der Waals surface area contributed by atoms with Gasteiger partial charge in [-0.1, -0.05) is 57.6 Å². The van der Waals surface area contributed by atoms with Gasteiger partial charge in [0.1, 0.15) is 5.75 Å². The summed E-state index contributed by atoms with van der Waals surface area (Å²) in [4.78, 5) is 0. The summed E-state index contributed by atoms with van der Waals surface area (Å²) >= 11 is 0. The maximum atomic E-state index is 10.5. The molecule has 6 N–H and O–H groups in total. The summed E-state index contributed by atoms with van der Waals surface area (Å²) < 4.78 is 5.82. The second-order valence-corrected chi connectivity index (χ2v) is 9.66. The van der Waals surface area contributed by atoms with Crippen molar-refractivity contribution < 1.29 is 35.4 Å². The van der Waals surface area contributed by atoms with Crippen molar-refractivity contribution in [2.45, 2.75) is 77.2 Å². The Bertz CT molecular complexity index is 589. The zero-order chi connectivity index (χ0) is 24.6. The number of benzene rings is 1. The fourth-order valence-electron chi connectivity index (χ4n) is 4.02. The molecule has 0 spiro atoms. The molecule has 192 valence electrons. The van der Waals surface area contributed by atoms with Crippen LogP contribution < -0.4 is 4.74 Å². The molecule has 1 aromatic rings. The molecule has 0 aliphatic heterocycles. The first kappa shape index (κ1) is 29.8. The Morgan fingerprint density at radius 2 is 1.18 bits per heavy atom. The van der Waals surface area contributed by atoms with E-state index in [9.17, 15) is 30.6 Å². The molecule has 0 saturated carbocycles. The monoisotopic (exact) mass is 470 g/mol. The van der Waals surface area contributed by atoms with Gasteiger partial charge >= 0.3 is 0 Å². The van der Waals surface area contributed by atoms with E-state index >= 15 is 0 Å². The molecule has 0 aliphatic carbocycles. The quantitative estimate of drug-likeness (QED) is 0.161. The van der Waals surface area contributed by atoms with E-state index in [1.807, 2.05) is 24.3 Å². The van der Waals surface area contributed by atoms with Crippen LogP contribution in [0, 0.1) is 10.8 Å². The Labute approximate surface area is 199 Å². The minimum atomic E-state index is -1.22. The number of hydrogen-bond acceptors (Lipinski definition) is 7. The van der Waals surface area contributed by atoms with Gasteiger partial charge in [-0.25, -0.2) is 0 Å². The van der Waals surface area contributed by atoms with Crippen molar-refractivity contribution in [3.63, 3.8) is 0 Å². The number of rotatable bonds is 20. The predicted molar refractivity (Wildman–Crippen MR) is 129 cm³/mol. The van der Waals surface area contributed by atoms with E-state index in [0.29, 0.717) is 5.75 Å². The number of aliphatic hydroxyl groups excluding tert-OH is 6. The molecule has 0 radical (unpaired) electrons. The first-order chi connectivity index (χ1) is 15.9. The van der Waals surface area contributed by atoms with Gasteiger partial charge in [0.2, 0.25) is 0 Å². The van der Waals surface area contributed by atoms with Crippen LogP contribution in [0.4, 0.5) is 0 Å². The van der Waals surface area contributed by atoms with Crippen LogP contribution in [0.5, 0.6) is 5.75 Å². The van der Waals surface area contributed by atoms with E-state index < -0.39 is 50.0 Å². The van der Waals surface area contributed by atoms with Gasteiger partial charge in [0.05, 0.1) is 51.2 Å². The number of unbranched alkanes of at least 4 members (excludes halogenated alkanes) is 6. The number of aliphatic hydroxyl groups is 6. The molecule has 0 saturated heterocycles. The van der Waals surface area contributed by atoms with Gasteiger partial charge in [0.25, 0.3) is 0 Å². The Kier molecular flexibility index (Phi) is 14.8. The van der Waals surface area contributed by atoms with Crippen LogP contribution in [0.3, 0.4) is 0 Å². The molecule has 1 rings (SSSR count). The lowest BCUT2D eigenvalue weighted by Crippen LogP contribution is -2.43. The highest BCUT2D eigenvalue weighted by Crippen LogP contribution is 2.31. The van der Waals surface area contributed by atoms with Crippen molar-refractivity contribution in [3.05, 3.63) is 29.8 Å². The Morgan fingerprint density at radius 3 is 1.70 bits per heavy atom. The summed E-state index contributed by atoms with van der Waals surface area (Å²) in [6.07, 6.45) is 8.83. The third-order valence-electron chi connectivity index (χ3n) is 6.55. The zero-order valence-electron chi connectivity index (χ0n) is 20.3. The molecule has 1 aromatic carbocycles. The van der Waals surface area contributed by atoms with Crippen LogP contribution in [0.15, 0.2) is 24.3 Å². The average Bonchev–Trinajstić information content (AvgIpc) is 2.85. The Hall–Kier alpha value is -1.22. The normalized spacial score (nSPS) is 13.3. The molecular formula is C26H46O7. The molecule has 0 amide bonds. The van der Waals surface area contributed by atoms with E-state index in [-0.39, 0.29) is 19.4 Å². The van der Waals surface area contributed by atoms with Crippen molar-refractivity contribution in [1.29, 1.82) is 0 Å². The summed E-state index contributed by atoms with van der Waals surface area (Å²) in [5.41, 5.74) is -1.07. The molecule has 0 aromatic heterocycles. The fraction of sp³-hybridized carbons (Fsp3) is 0.769. The minimum absolute atomic E-state index is 0.00145. The fourth-order valence-corrected chi connectivity index (χ4v) is 4.02. The number of ether oxygens (including phenoxy) is 1. The van der Waals surface area contributed by atoms with Gasteiger partial charge < -0.3 is 35.4 Å². The lowest BCUT2D eigenvalue weighted by atomic mass is 9.78. The maximum Gasteiger partial charge on any atom is 0.119 e. The van der Waals surface area contributed by atoms with Gasteiger partial charge in [-0.2, -0.15) is 0 Å². The highest BCUT2D eigenvalue weighted by atomic mass is 16.5. The average molecular weight is 471 g/mol. The summed E-state index contributed by atoms with van der Waals surface area (Å²) in [6.45, 7) is -0.0248. The molecular weight excluding hydrogens is 424 g/mol. The van der Waals surface area contributed by atoms with Gasteiger partial charge in [0, 0.05) is 5.41 Å². The molecule has 0 aliphatic rings. The lowest BCUT2D eigenvalue weighted by molar-refractivity contribution is -0.0618. The molecule has 7 nitrogen and oxygen atoms in total. The SMILES string of the molecule is CCCCCCCCCc1ccc(OCC(CO)(CO)CC(O)CC(CO)(CO)CO)cc1. The molecule has 1 atom stereocenters. The van der Waals surface area contributed by atoms with Crippen LogP contribution in [-0.4, -0.2) is 76.4 Å². The summed E-state index contributed by atoms with van der Waals surface area (Å²) in [5, 5.41) is 58.7. The van der Waals surface area contributed by atoms with Crippen LogP contribution in [0.1, 0.15) is 70.3 Å². The third-order valence-corrected chi connectivity index (χ3v) is 6.55. The largest absolute Gasteiger partial charge is 0.493 e. The second kappa shape index (κ2) is 16.4. The molecule has 0 fully saturated rings. The van der Waals surface area contributed by atoms with E-state index in [2.05, 4.69) is 6.92 Å². The highest BCUT2D eigenvalue weighted by Gasteiger charge is 2.37. The maximum absolute atomic E-state index is 10.5. The minimum Gasteiger partial charge on any atom is -0.493 e. The Morgan fingerprint density at radius 1 is 0.697 bits per heavy atom. The first-order valence-electron chi connectivity index (χ1n) is 12.4. The van der Waals surface area contributed by atoms with Crippen LogP contribution in [-0.2, 0) is 6.42 Å². The predicted octanol–water partition coefficient (Wildman–Crippen LogP) is 2.43. The summed E-state index contributed by atoms with van der Waals surface area (Å²) in [5.74, 6) is 0.620. The van der Waals surface area contributed by atoms with E-state index in [1.165, 1.54) is 50.5 Å². The summed E-state index contributed by atoms with van der Waals surface area (Å²) in [6, 6.07) is 7.81. The smallest absolute Gasteiger partial charge is 0.119 e. The Balaban J connectivity index is 2.54. The molecule has 0 bridgehead atoms. The molecule has 1 unspecified atom stereocenters. The van der Waals surface area contributed by atoms with Crippen LogP contribution >= 0.6 is 0 Å². The first-order valence-corrected chi connectivity index (χ1v) is 12.4. The zero-order valence-corrected chi connectivity index (χ0v) is 20.3. The molecule has 33 heavy (non-hydrogen) atoms. The van der Waals surface area contributed by atoms with Gasteiger partial charge in [-0.3, -0.25) is 0 Å². The second-order valence-electron chi connectivity index (χ2n) is 9.66. The van der Waals surface area contributed by atoms with Crippen molar-refractivity contribution in [2.75, 3.05) is 39.6 Å². The van der Waals surface area contributed by atoms with E-state index in [4.69, 9.17) is 4.74 Å². The van der Waals surface area contributed by atoms with Gasteiger partial charge in [-0.05, 0) is 43.4 Å². The number of aryl methyl sites for hydroxylation is 1. The van der Waals surface area contributed by atoms with Crippen molar-refractivity contribution in [3.8, 4) is 5.75 Å². The van der Waals surface area contributed by atoms with E-state index in [1.54, 1.807) is 0 Å². The van der Waals surface area contributed by atoms with Crippen molar-refractivity contribution in [2.24, 2.45) is 10.8 Å². The van der Waals surface area contributed by atoms with Crippen LogP contribution in [0.25, 0.3) is 0 Å². The topological polar surface area (TPSA) is 131 Å². The summed E-state index contributed by atoms with van der Waals surface area (Å²) in [7, 11) is 0. The van der Waals surface area contributed by atoms with Gasteiger partial charge in [0.15, 0.2) is 0 Å². The molecule has 0 heterocycles. The third kappa shape index (κ3) is 10.7. The standard InChI is InChI=1S/C26H46O7/c1-2-3-4-5-6-7-8-9-22-10-12-24(13-11-22)33-21-26(19-30,20-31)15-23(32)14-25(16-27,17-28)18-29/h10-13,23,27-32H,2-9,14-21H2,1H3. The van der Waals surface area contributed by atoms with Crippen molar-refractivity contribution >= 4 is 0 Å². The van der Waals surface area contributed by atoms with E-state index in [0.717, 1.165) is 6.42 Å². The van der Waals surface area contributed by atoms with Crippen LogP contribution in [0.2, 0.25) is 0 Å². The highest BCUT2D eigenvalue weighted by molar-refractivity contribution is 5.27. The number of hydrogen-bond donors (Lipinski definition) is 6.